The molecule has 0 aliphatic carbocycles. The van der Waals surface area contributed by atoms with Gasteiger partial charge in [-0.25, -0.2) is 4.39 Å². The molecule has 0 saturated carbocycles. The Morgan fingerprint density at radius 3 is 2.31 bits per heavy atom. The number of ether oxygens (including phenoxy) is 2. The minimum atomic E-state index is -0.332. The van der Waals surface area contributed by atoms with Crippen LogP contribution in [0.15, 0.2) is 89.5 Å². The molecule has 4 rings (SSSR count). The van der Waals surface area contributed by atoms with Crippen LogP contribution >= 0.6 is 0 Å². The number of carbonyl (C=O) groups excluding carboxylic acids is 1. The molecule has 162 valence electrons. The van der Waals surface area contributed by atoms with E-state index in [1.165, 1.54) is 24.3 Å². The number of pyridine rings is 1. The van der Waals surface area contributed by atoms with Crippen LogP contribution < -0.4 is 14.8 Å². The van der Waals surface area contributed by atoms with Gasteiger partial charge in [-0.2, -0.15) is 0 Å². The van der Waals surface area contributed by atoms with E-state index < -0.39 is 0 Å². The second-order valence-electron chi connectivity index (χ2n) is 6.94. The van der Waals surface area contributed by atoms with Gasteiger partial charge in [0.15, 0.2) is 5.76 Å². The molecule has 0 radical (unpaired) electrons. The quantitative estimate of drug-likeness (QED) is 0.407. The van der Waals surface area contributed by atoms with Crippen molar-refractivity contribution < 1.29 is 23.1 Å². The third-order valence-corrected chi connectivity index (χ3v) is 4.57. The number of hydrogen-bond donors (Lipinski definition) is 1. The van der Waals surface area contributed by atoms with Crippen LogP contribution in [0, 0.1) is 5.82 Å². The van der Waals surface area contributed by atoms with Crippen molar-refractivity contribution in [1.29, 1.82) is 0 Å². The van der Waals surface area contributed by atoms with Crippen molar-refractivity contribution in [3.05, 3.63) is 114 Å². The number of aromatic nitrogens is 1. The van der Waals surface area contributed by atoms with E-state index >= 15 is 0 Å². The molecule has 7 heteroatoms. The summed E-state index contributed by atoms with van der Waals surface area (Å²) in [5.74, 6) is 1.27. The van der Waals surface area contributed by atoms with Crippen LogP contribution in [-0.4, -0.2) is 10.9 Å². The summed E-state index contributed by atoms with van der Waals surface area (Å²) in [5.41, 5.74) is 1.78. The Bertz CT molecular complexity index is 1140. The zero-order valence-corrected chi connectivity index (χ0v) is 17.2. The highest BCUT2D eigenvalue weighted by Gasteiger charge is 2.11. The summed E-state index contributed by atoms with van der Waals surface area (Å²) in [6.07, 6.45) is 1.73. The average Bonchev–Trinajstić information content (AvgIpc) is 3.31. The van der Waals surface area contributed by atoms with Gasteiger partial charge in [-0.05, 0) is 66.2 Å². The van der Waals surface area contributed by atoms with Gasteiger partial charge in [-0.15, -0.1) is 0 Å². The van der Waals surface area contributed by atoms with Gasteiger partial charge in [0, 0.05) is 12.7 Å². The van der Waals surface area contributed by atoms with Crippen molar-refractivity contribution in [1.82, 2.24) is 10.3 Å². The smallest absolute Gasteiger partial charge is 0.287 e. The number of nitrogens with one attached hydrogen (secondary N) is 1. The van der Waals surface area contributed by atoms with Crippen molar-refractivity contribution in [3.8, 4) is 11.5 Å². The lowest BCUT2D eigenvalue weighted by atomic mass is 10.2. The van der Waals surface area contributed by atoms with Crippen LogP contribution in [0.25, 0.3) is 0 Å². The lowest BCUT2D eigenvalue weighted by Crippen LogP contribution is -2.22. The highest BCUT2D eigenvalue weighted by Crippen LogP contribution is 2.16. The third-order valence-electron chi connectivity index (χ3n) is 4.57. The largest absolute Gasteiger partial charge is 0.487 e. The SMILES string of the molecule is O=C(NCc1ccc(OCc2ccccn2)cc1)c1ccc(COc2ccc(F)cc2)o1. The fraction of sp³-hybridized carbons (Fsp3) is 0.120. The van der Waals surface area contributed by atoms with Gasteiger partial charge < -0.3 is 19.2 Å². The monoisotopic (exact) mass is 432 g/mol. The summed E-state index contributed by atoms with van der Waals surface area (Å²) in [5, 5.41) is 2.82. The van der Waals surface area contributed by atoms with E-state index in [-0.39, 0.29) is 24.1 Å². The summed E-state index contributed by atoms with van der Waals surface area (Å²) in [7, 11) is 0. The maximum atomic E-state index is 12.9. The minimum Gasteiger partial charge on any atom is -0.487 e. The molecule has 1 amide bonds. The molecule has 0 saturated heterocycles. The molecule has 2 heterocycles. The number of hydrogen-bond acceptors (Lipinski definition) is 5. The fourth-order valence-electron chi connectivity index (χ4n) is 2.88. The number of carbonyl (C=O) groups is 1. The lowest BCUT2D eigenvalue weighted by molar-refractivity contribution is 0.0919. The van der Waals surface area contributed by atoms with E-state index in [2.05, 4.69) is 10.3 Å². The van der Waals surface area contributed by atoms with Gasteiger partial charge in [0.05, 0.1) is 5.69 Å². The summed E-state index contributed by atoms with van der Waals surface area (Å²) >= 11 is 0. The fourth-order valence-corrected chi connectivity index (χ4v) is 2.88. The molecule has 2 aromatic heterocycles. The zero-order chi connectivity index (χ0) is 22.2. The van der Waals surface area contributed by atoms with E-state index in [1.54, 1.807) is 18.3 Å². The second kappa shape index (κ2) is 10.3. The molecular weight excluding hydrogens is 411 g/mol. The van der Waals surface area contributed by atoms with Gasteiger partial charge in [0.25, 0.3) is 5.91 Å². The lowest BCUT2D eigenvalue weighted by Gasteiger charge is -2.07. The number of halogens is 1. The first kappa shape index (κ1) is 21.1. The molecule has 0 unspecified atom stereocenters. The molecule has 0 fully saturated rings. The van der Waals surface area contributed by atoms with E-state index in [9.17, 15) is 9.18 Å². The Hall–Kier alpha value is -4.13. The number of furan rings is 1. The molecule has 6 nitrogen and oxygen atoms in total. The van der Waals surface area contributed by atoms with E-state index in [0.29, 0.717) is 24.7 Å². The van der Waals surface area contributed by atoms with E-state index in [4.69, 9.17) is 13.9 Å². The second-order valence-corrected chi connectivity index (χ2v) is 6.94. The molecule has 0 atom stereocenters. The highest BCUT2D eigenvalue weighted by molar-refractivity contribution is 5.91. The highest BCUT2D eigenvalue weighted by atomic mass is 19.1. The van der Waals surface area contributed by atoms with E-state index in [0.717, 1.165) is 17.0 Å². The predicted molar refractivity (Wildman–Crippen MR) is 116 cm³/mol. The molecule has 0 spiro atoms. The predicted octanol–water partition coefficient (Wildman–Crippen LogP) is 4.90. The molecule has 1 N–H and O–H groups in total. The van der Waals surface area contributed by atoms with Crippen LogP contribution in [0.3, 0.4) is 0 Å². The van der Waals surface area contributed by atoms with Crippen LogP contribution in [0.1, 0.15) is 27.6 Å². The Morgan fingerprint density at radius 2 is 1.59 bits per heavy atom. The summed E-state index contributed by atoms with van der Waals surface area (Å²) in [6, 6.07) is 22.1. The van der Waals surface area contributed by atoms with Crippen LogP contribution in [0.5, 0.6) is 11.5 Å². The molecule has 0 aliphatic heterocycles. The Balaban J connectivity index is 1.23. The van der Waals surface area contributed by atoms with E-state index in [1.807, 2.05) is 42.5 Å². The normalized spacial score (nSPS) is 10.5. The van der Waals surface area contributed by atoms with Gasteiger partial charge >= 0.3 is 0 Å². The van der Waals surface area contributed by atoms with Gasteiger partial charge in [0.2, 0.25) is 0 Å². The Morgan fingerprint density at radius 1 is 0.875 bits per heavy atom. The first-order chi connectivity index (χ1) is 15.7. The molecular formula is C25H21FN2O4. The number of benzene rings is 2. The number of nitrogens with zero attached hydrogens (tertiary/aromatic N) is 1. The Kier molecular flexibility index (Phi) is 6.77. The van der Waals surface area contributed by atoms with Crippen molar-refractivity contribution in [2.45, 2.75) is 19.8 Å². The minimum absolute atomic E-state index is 0.138. The van der Waals surface area contributed by atoms with Crippen molar-refractivity contribution in [2.24, 2.45) is 0 Å². The molecule has 32 heavy (non-hydrogen) atoms. The molecule has 4 aromatic rings. The van der Waals surface area contributed by atoms with Crippen molar-refractivity contribution in [3.63, 3.8) is 0 Å². The van der Waals surface area contributed by atoms with Gasteiger partial charge in [0.1, 0.15) is 36.3 Å². The maximum absolute atomic E-state index is 12.9. The zero-order valence-electron chi connectivity index (χ0n) is 17.2. The first-order valence-corrected chi connectivity index (χ1v) is 10.0. The summed E-state index contributed by atoms with van der Waals surface area (Å²) in [4.78, 5) is 16.6. The average molecular weight is 432 g/mol. The first-order valence-electron chi connectivity index (χ1n) is 10.0. The Labute approximate surface area is 184 Å². The van der Waals surface area contributed by atoms with Crippen molar-refractivity contribution >= 4 is 5.91 Å². The summed E-state index contributed by atoms with van der Waals surface area (Å²) < 4.78 is 29.7. The van der Waals surface area contributed by atoms with Gasteiger partial charge in [-0.1, -0.05) is 18.2 Å². The maximum Gasteiger partial charge on any atom is 0.287 e. The third kappa shape index (κ3) is 5.95. The summed E-state index contributed by atoms with van der Waals surface area (Å²) in [6.45, 7) is 0.878. The topological polar surface area (TPSA) is 73.6 Å². The van der Waals surface area contributed by atoms with Crippen LogP contribution in [0.4, 0.5) is 4.39 Å². The van der Waals surface area contributed by atoms with Crippen LogP contribution in [0.2, 0.25) is 0 Å². The van der Waals surface area contributed by atoms with Crippen molar-refractivity contribution in [2.75, 3.05) is 0 Å². The number of amides is 1. The molecule has 0 aliphatic rings. The van der Waals surface area contributed by atoms with Gasteiger partial charge in [-0.3, -0.25) is 9.78 Å². The molecule has 2 aromatic carbocycles. The van der Waals surface area contributed by atoms with Crippen LogP contribution in [-0.2, 0) is 19.8 Å². The number of rotatable bonds is 9. The standard InChI is InChI=1S/C25H21FN2O4/c26-19-6-10-22(11-7-19)31-17-23-12-13-24(32-23)25(29)28-15-18-4-8-21(9-5-18)30-16-20-3-1-2-14-27-20/h1-14H,15-17H2,(H,28,29). The molecule has 0 bridgehead atoms.